The molecule has 0 fully saturated rings. The third-order valence-corrected chi connectivity index (χ3v) is 8.34. The summed E-state index contributed by atoms with van der Waals surface area (Å²) >= 11 is 12.4. The highest BCUT2D eigenvalue weighted by Crippen LogP contribution is 2.30. The number of rotatable bonds is 12. The minimum atomic E-state index is -4.19. The van der Waals surface area contributed by atoms with E-state index >= 15 is 0 Å². The smallest absolute Gasteiger partial charge is 0.264 e. The van der Waals surface area contributed by atoms with E-state index < -0.39 is 28.5 Å². The second-order valence-electron chi connectivity index (χ2n) is 9.18. The molecule has 1 atom stereocenters. The predicted molar refractivity (Wildman–Crippen MR) is 157 cm³/mol. The van der Waals surface area contributed by atoms with E-state index in [1.165, 1.54) is 35.2 Å². The van der Waals surface area contributed by atoms with Crippen LogP contribution in [0, 0.1) is 6.92 Å². The minimum Gasteiger partial charge on any atom is -0.354 e. The van der Waals surface area contributed by atoms with Crippen molar-refractivity contribution in [2.75, 3.05) is 17.4 Å². The van der Waals surface area contributed by atoms with Crippen LogP contribution in [-0.2, 0) is 26.2 Å². The number of nitrogens with one attached hydrogen (secondary N) is 1. The quantitative estimate of drug-likeness (QED) is 0.288. The van der Waals surface area contributed by atoms with Gasteiger partial charge in [0.15, 0.2) is 0 Å². The van der Waals surface area contributed by atoms with E-state index in [-0.39, 0.29) is 33.1 Å². The summed E-state index contributed by atoms with van der Waals surface area (Å²) in [7, 11) is -4.19. The highest BCUT2D eigenvalue weighted by atomic mass is 35.5. The van der Waals surface area contributed by atoms with Crippen LogP contribution in [0.15, 0.2) is 77.7 Å². The fourth-order valence-corrected chi connectivity index (χ4v) is 6.16. The van der Waals surface area contributed by atoms with Crippen LogP contribution in [0.5, 0.6) is 0 Å². The van der Waals surface area contributed by atoms with Crippen molar-refractivity contribution in [1.82, 2.24) is 10.2 Å². The maximum Gasteiger partial charge on any atom is 0.264 e. The zero-order chi connectivity index (χ0) is 28.6. The van der Waals surface area contributed by atoms with Gasteiger partial charge in [0.1, 0.15) is 12.6 Å². The van der Waals surface area contributed by atoms with Crippen LogP contribution in [0.3, 0.4) is 0 Å². The summed E-state index contributed by atoms with van der Waals surface area (Å²) in [5.41, 5.74) is 1.97. The highest BCUT2D eigenvalue weighted by Gasteiger charge is 2.33. The van der Waals surface area contributed by atoms with Crippen LogP contribution in [0.2, 0.25) is 10.0 Å². The largest absolute Gasteiger partial charge is 0.354 e. The van der Waals surface area contributed by atoms with E-state index in [2.05, 4.69) is 5.32 Å². The van der Waals surface area contributed by atoms with Gasteiger partial charge in [-0.15, -0.1) is 0 Å². The summed E-state index contributed by atoms with van der Waals surface area (Å²) in [6.45, 7) is 5.75. The third kappa shape index (κ3) is 7.97. The van der Waals surface area contributed by atoms with Crippen molar-refractivity contribution in [3.63, 3.8) is 0 Å². The van der Waals surface area contributed by atoms with Gasteiger partial charge in [0.05, 0.1) is 10.6 Å². The first-order valence-corrected chi connectivity index (χ1v) is 14.9. The molecule has 0 unspecified atom stereocenters. The van der Waals surface area contributed by atoms with E-state index in [4.69, 9.17) is 23.2 Å². The van der Waals surface area contributed by atoms with Crippen molar-refractivity contribution in [2.24, 2.45) is 0 Å². The molecule has 0 aliphatic rings. The molecule has 2 amide bonds. The molecule has 0 aliphatic heterocycles. The molecule has 7 nitrogen and oxygen atoms in total. The number of benzene rings is 3. The molecule has 208 valence electrons. The lowest BCUT2D eigenvalue weighted by Crippen LogP contribution is -2.52. The number of hydrogen-bond donors (Lipinski definition) is 1. The molecule has 0 aromatic heterocycles. The van der Waals surface area contributed by atoms with Crippen LogP contribution in [0.1, 0.15) is 37.8 Å². The number of carbonyl (C=O) groups excluding carboxylic acids is 2. The molecule has 0 radical (unpaired) electrons. The van der Waals surface area contributed by atoms with Crippen LogP contribution >= 0.6 is 23.2 Å². The molecule has 0 heterocycles. The summed E-state index contributed by atoms with van der Waals surface area (Å²) in [6, 6.07) is 19.0. The average molecular weight is 591 g/mol. The van der Waals surface area contributed by atoms with Crippen molar-refractivity contribution in [2.45, 2.75) is 51.1 Å². The summed E-state index contributed by atoms with van der Waals surface area (Å²) < 4.78 is 28.6. The first-order chi connectivity index (χ1) is 18.6. The van der Waals surface area contributed by atoms with E-state index in [9.17, 15) is 18.0 Å². The summed E-state index contributed by atoms with van der Waals surface area (Å²) in [4.78, 5) is 28.6. The zero-order valence-electron chi connectivity index (χ0n) is 22.2. The Balaban J connectivity index is 2.07. The first kappa shape index (κ1) is 30.5. The summed E-state index contributed by atoms with van der Waals surface area (Å²) in [6.07, 6.45) is 1.09. The Morgan fingerprint density at radius 3 is 2.18 bits per heavy atom. The number of carbonyl (C=O) groups is 2. The fraction of sp³-hybridized carbons (Fsp3) is 0.310. The molecule has 1 N–H and O–H groups in total. The highest BCUT2D eigenvalue weighted by molar-refractivity contribution is 7.92. The van der Waals surface area contributed by atoms with Gasteiger partial charge >= 0.3 is 0 Å². The molecule has 3 aromatic carbocycles. The van der Waals surface area contributed by atoms with Gasteiger partial charge in [0.2, 0.25) is 11.8 Å². The average Bonchev–Trinajstić information content (AvgIpc) is 2.90. The number of nitrogens with zero attached hydrogens (tertiary/aromatic N) is 2. The number of sulfonamides is 1. The van der Waals surface area contributed by atoms with Crippen molar-refractivity contribution >= 4 is 50.7 Å². The SMILES string of the molecule is CCCNC(=O)[C@H](CC)N(Cc1cccc(C)c1)C(=O)CN(c1cc(Cl)cc(Cl)c1)S(=O)(=O)c1ccccc1. The Labute approximate surface area is 240 Å². The fourth-order valence-electron chi connectivity index (χ4n) is 4.22. The Kier molecular flexibility index (Phi) is 10.8. The maximum atomic E-state index is 14.0. The van der Waals surface area contributed by atoms with E-state index in [1.54, 1.807) is 18.2 Å². The Hall–Kier alpha value is -3.07. The molecule has 0 bridgehead atoms. The van der Waals surface area contributed by atoms with Gasteiger partial charge in [-0.25, -0.2) is 8.42 Å². The summed E-state index contributed by atoms with van der Waals surface area (Å²) in [5, 5.41) is 3.32. The number of halogens is 2. The van der Waals surface area contributed by atoms with Crippen LogP contribution in [0.4, 0.5) is 5.69 Å². The molecule has 0 spiro atoms. The lowest BCUT2D eigenvalue weighted by molar-refractivity contribution is -0.140. The standard InChI is InChI=1S/C29H33Cl2N3O4S/c1-4-14-32-29(36)27(5-2)33(19-22-11-9-10-21(3)15-22)28(35)20-34(25-17-23(30)16-24(31)18-25)39(37,38)26-12-7-6-8-13-26/h6-13,15-18,27H,4-5,14,19-20H2,1-3H3,(H,32,36)/t27-/m0/s1. The van der Waals surface area contributed by atoms with E-state index in [1.807, 2.05) is 45.0 Å². The number of aryl methyl sites for hydroxylation is 1. The second kappa shape index (κ2) is 13.8. The molecule has 0 saturated heterocycles. The Morgan fingerprint density at radius 2 is 1.59 bits per heavy atom. The maximum absolute atomic E-state index is 14.0. The van der Waals surface area contributed by atoms with E-state index in [0.29, 0.717) is 13.0 Å². The molecule has 39 heavy (non-hydrogen) atoms. The van der Waals surface area contributed by atoms with Crippen LogP contribution in [-0.4, -0.2) is 44.3 Å². The van der Waals surface area contributed by atoms with Crippen LogP contribution < -0.4 is 9.62 Å². The van der Waals surface area contributed by atoms with Gasteiger partial charge in [-0.05, 0) is 55.7 Å². The van der Waals surface area contributed by atoms with Gasteiger partial charge in [-0.3, -0.25) is 13.9 Å². The van der Waals surface area contributed by atoms with Gasteiger partial charge < -0.3 is 10.2 Å². The summed E-state index contributed by atoms with van der Waals surface area (Å²) in [5.74, 6) is -0.825. The van der Waals surface area contributed by atoms with Crippen molar-refractivity contribution in [3.8, 4) is 0 Å². The molecule has 0 saturated carbocycles. The Morgan fingerprint density at radius 1 is 0.923 bits per heavy atom. The van der Waals surface area contributed by atoms with Gasteiger partial charge in [-0.1, -0.05) is 85.1 Å². The predicted octanol–water partition coefficient (Wildman–Crippen LogP) is 5.83. The normalized spacial score (nSPS) is 12.0. The van der Waals surface area contributed by atoms with Crippen LogP contribution in [0.25, 0.3) is 0 Å². The lowest BCUT2D eigenvalue weighted by Gasteiger charge is -2.33. The monoisotopic (exact) mass is 589 g/mol. The van der Waals surface area contributed by atoms with Gasteiger partial charge in [0.25, 0.3) is 10.0 Å². The zero-order valence-corrected chi connectivity index (χ0v) is 24.6. The van der Waals surface area contributed by atoms with Gasteiger partial charge in [-0.2, -0.15) is 0 Å². The van der Waals surface area contributed by atoms with Gasteiger partial charge in [0, 0.05) is 23.1 Å². The molecular formula is C29H33Cl2N3O4S. The Bertz CT molecular complexity index is 1380. The van der Waals surface area contributed by atoms with Crippen molar-refractivity contribution < 1.29 is 18.0 Å². The minimum absolute atomic E-state index is 0.00635. The molecule has 0 aliphatic carbocycles. The lowest BCUT2D eigenvalue weighted by atomic mass is 10.1. The topological polar surface area (TPSA) is 86.8 Å². The molecular weight excluding hydrogens is 557 g/mol. The molecule has 10 heteroatoms. The second-order valence-corrected chi connectivity index (χ2v) is 11.9. The van der Waals surface area contributed by atoms with Crippen molar-refractivity contribution in [1.29, 1.82) is 0 Å². The number of anilines is 1. The van der Waals surface area contributed by atoms with Crippen molar-refractivity contribution in [3.05, 3.63) is 94.0 Å². The first-order valence-electron chi connectivity index (χ1n) is 12.7. The number of amides is 2. The molecule has 3 rings (SSSR count). The number of hydrogen-bond acceptors (Lipinski definition) is 4. The molecule has 3 aromatic rings. The third-order valence-electron chi connectivity index (χ3n) is 6.12. The van der Waals surface area contributed by atoms with E-state index in [0.717, 1.165) is 21.9 Å².